The van der Waals surface area contributed by atoms with Crippen molar-refractivity contribution in [3.05, 3.63) is 12.2 Å². The van der Waals surface area contributed by atoms with Crippen LogP contribution in [0.2, 0.25) is 0 Å². The Morgan fingerprint density at radius 1 is 1.24 bits per heavy atom. The maximum atomic E-state index is 12.0. The third-order valence-electron chi connectivity index (χ3n) is 3.66. The Kier molecular flexibility index (Phi) is 6.32. The van der Waals surface area contributed by atoms with Crippen molar-refractivity contribution < 1.29 is 4.79 Å². The molecule has 0 saturated heterocycles. The zero-order valence-electron chi connectivity index (χ0n) is 11.4. The van der Waals surface area contributed by atoms with Gasteiger partial charge >= 0.3 is 0 Å². The molecule has 0 aliphatic heterocycles. The van der Waals surface area contributed by atoms with E-state index in [-0.39, 0.29) is 9.86 Å². The summed E-state index contributed by atoms with van der Waals surface area (Å²) in [4.78, 5) is 12.0. The molecule has 0 N–H and O–H groups in total. The molecule has 0 unspecified atom stereocenters. The lowest BCUT2D eigenvalue weighted by atomic mass is 9.93. The Balaban J connectivity index is 2.68. The van der Waals surface area contributed by atoms with Crippen molar-refractivity contribution in [3.63, 3.8) is 0 Å². The van der Waals surface area contributed by atoms with Gasteiger partial charge in [-0.3, -0.25) is 4.79 Å². The quantitative estimate of drug-likeness (QED) is 0.501. The number of carbonyl (C=O) groups is 1. The van der Waals surface area contributed by atoms with E-state index in [1.165, 1.54) is 57.8 Å². The van der Waals surface area contributed by atoms with Crippen LogP contribution in [0.4, 0.5) is 0 Å². The van der Waals surface area contributed by atoms with Crippen LogP contribution in [0, 0.1) is 0 Å². The summed E-state index contributed by atoms with van der Waals surface area (Å²) in [7, 11) is 0. The fraction of sp³-hybridized carbons (Fsp3) is 0.800. The van der Waals surface area contributed by atoms with Crippen molar-refractivity contribution in [1.29, 1.82) is 0 Å². The van der Waals surface area contributed by atoms with E-state index in [2.05, 4.69) is 13.5 Å². The highest BCUT2D eigenvalue weighted by Crippen LogP contribution is 2.43. The normalized spacial score (nSPS) is 19.6. The van der Waals surface area contributed by atoms with Gasteiger partial charge in [0.25, 0.3) is 0 Å². The van der Waals surface area contributed by atoms with E-state index in [0.29, 0.717) is 5.57 Å². The molecule has 1 rings (SSSR count). The van der Waals surface area contributed by atoms with Crippen LogP contribution in [0.1, 0.15) is 71.6 Å². The molecule has 0 heterocycles. The maximum Gasteiger partial charge on any atom is 0.214 e. The molecule has 1 aliphatic rings. The smallest absolute Gasteiger partial charge is 0.214 e. The molecule has 0 radical (unpaired) electrons. The summed E-state index contributed by atoms with van der Waals surface area (Å²) >= 11 is 1.59. The minimum atomic E-state index is 0.211. The molecule has 0 amide bonds. The molecular formula is C15H26OS. The molecule has 0 bridgehead atoms. The largest absolute Gasteiger partial charge is 0.282 e. The van der Waals surface area contributed by atoms with E-state index in [0.717, 1.165) is 0 Å². The van der Waals surface area contributed by atoms with E-state index in [9.17, 15) is 4.79 Å². The van der Waals surface area contributed by atoms with E-state index in [4.69, 9.17) is 0 Å². The van der Waals surface area contributed by atoms with Crippen LogP contribution < -0.4 is 0 Å². The van der Waals surface area contributed by atoms with E-state index < -0.39 is 0 Å². The molecule has 2 heteroatoms. The van der Waals surface area contributed by atoms with Gasteiger partial charge in [0, 0.05) is 4.75 Å². The number of carbonyl (C=O) groups excluding carboxylic acids is 1. The van der Waals surface area contributed by atoms with Gasteiger partial charge in [0.05, 0.1) is 0 Å². The molecule has 1 fully saturated rings. The summed E-state index contributed by atoms with van der Waals surface area (Å²) in [6.07, 6.45) is 11.4. The lowest BCUT2D eigenvalue weighted by Crippen LogP contribution is -2.26. The number of thioether (sulfide) groups is 1. The van der Waals surface area contributed by atoms with Crippen LogP contribution >= 0.6 is 11.8 Å². The fourth-order valence-corrected chi connectivity index (χ4v) is 3.87. The zero-order valence-corrected chi connectivity index (χ0v) is 12.2. The zero-order chi connectivity index (χ0) is 12.7. The standard InChI is InChI=1S/C15H26OS/c1-4-5-10-15(17-14(16)13(2)3)11-8-6-7-9-12-15/h2,4-12H2,1,3H3. The highest BCUT2D eigenvalue weighted by atomic mass is 32.2. The number of rotatable bonds is 5. The van der Waals surface area contributed by atoms with Crippen LogP contribution in [0.3, 0.4) is 0 Å². The molecule has 17 heavy (non-hydrogen) atoms. The third kappa shape index (κ3) is 4.87. The maximum absolute atomic E-state index is 12.0. The minimum Gasteiger partial charge on any atom is -0.282 e. The second-order valence-electron chi connectivity index (χ2n) is 5.37. The monoisotopic (exact) mass is 254 g/mol. The highest BCUT2D eigenvalue weighted by molar-refractivity contribution is 8.15. The van der Waals surface area contributed by atoms with Gasteiger partial charge in [0.1, 0.15) is 0 Å². The Labute approximate surface area is 110 Å². The van der Waals surface area contributed by atoms with Crippen molar-refractivity contribution in [2.24, 2.45) is 0 Å². The molecule has 0 aromatic carbocycles. The average Bonchev–Trinajstić information content (AvgIpc) is 2.52. The molecular weight excluding hydrogens is 228 g/mol. The van der Waals surface area contributed by atoms with Crippen LogP contribution in [0.5, 0.6) is 0 Å². The van der Waals surface area contributed by atoms with Crippen molar-refractivity contribution in [1.82, 2.24) is 0 Å². The Morgan fingerprint density at radius 3 is 2.29 bits per heavy atom. The van der Waals surface area contributed by atoms with Gasteiger partial charge in [-0.25, -0.2) is 0 Å². The number of hydrogen-bond acceptors (Lipinski definition) is 2. The molecule has 0 aromatic rings. The summed E-state index contributed by atoms with van der Waals surface area (Å²) < 4.78 is 0.225. The first-order valence-corrected chi connectivity index (χ1v) is 7.80. The third-order valence-corrected chi connectivity index (χ3v) is 5.24. The first-order chi connectivity index (χ1) is 8.09. The summed E-state index contributed by atoms with van der Waals surface area (Å²) in [5.41, 5.74) is 0.704. The van der Waals surface area contributed by atoms with E-state index >= 15 is 0 Å². The lowest BCUT2D eigenvalue weighted by molar-refractivity contribution is -0.107. The van der Waals surface area contributed by atoms with Crippen LogP contribution in [-0.4, -0.2) is 9.86 Å². The molecule has 1 saturated carbocycles. The molecule has 0 aromatic heterocycles. The second kappa shape index (κ2) is 7.25. The van der Waals surface area contributed by atoms with Crippen LogP contribution in [-0.2, 0) is 4.79 Å². The molecule has 1 aliphatic carbocycles. The van der Waals surface area contributed by atoms with Gasteiger partial charge in [-0.15, -0.1) is 0 Å². The lowest BCUT2D eigenvalue weighted by Gasteiger charge is -2.31. The summed E-state index contributed by atoms with van der Waals surface area (Å²) in [6, 6.07) is 0. The van der Waals surface area contributed by atoms with Gasteiger partial charge in [-0.2, -0.15) is 0 Å². The van der Waals surface area contributed by atoms with Crippen LogP contribution in [0.15, 0.2) is 12.2 Å². The van der Waals surface area contributed by atoms with E-state index in [1.807, 2.05) is 6.92 Å². The summed E-state index contributed by atoms with van der Waals surface area (Å²) in [6.45, 7) is 7.85. The first-order valence-electron chi connectivity index (χ1n) is 6.98. The Hall–Kier alpha value is -0.240. The predicted octanol–water partition coefficient (Wildman–Crippen LogP) is 5.11. The predicted molar refractivity (Wildman–Crippen MR) is 77.4 cm³/mol. The van der Waals surface area contributed by atoms with Gasteiger partial charge < -0.3 is 0 Å². The van der Waals surface area contributed by atoms with Crippen molar-refractivity contribution in [2.75, 3.05) is 0 Å². The average molecular weight is 254 g/mol. The first kappa shape index (κ1) is 14.8. The highest BCUT2D eigenvalue weighted by Gasteiger charge is 2.33. The van der Waals surface area contributed by atoms with Crippen molar-refractivity contribution in [3.8, 4) is 0 Å². The molecule has 1 nitrogen and oxygen atoms in total. The fourth-order valence-electron chi connectivity index (χ4n) is 2.56. The minimum absolute atomic E-state index is 0.211. The van der Waals surface area contributed by atoms with Crippen molar-refractivity contribution >= 4 is 16.9 Å². The van der Waals surface area contributed by atoms with Gasteiger partial charge in [0.15, 0.2) is 0 Å². The van der Waals surface area contributed by atoms with Crippen LogP contribution in [0.25, 0.3) is 0 Å². The number of hydrogen-bond donors (Lipinski definition) is 0. The topological polar surface area (TPSA) is 17.1 Å². The second-order valence-corrected chi connectivity index (χ2v) is 6.81. The summed E-state index contributed by atoms with van der Waals surface area (Å²) in [5, 5.41) is 0.211. The van der Waals surface area contributed by atoms with Crippen molar-refractivity contribution in [2.45, 2.75) is 76.4 Å². The van der Waals surface area contributed by atoms with Gasteiger partial charge in [0.2, 0.25) is 5.12 Å². The van der Waals surface area contributed by atoms with E-state index in [1.54, 1.807) is 11.8 Å². The molecule has 0 spiro atoms. The number of unbranched alkanes of at least 4 members (excludes halogenated alkanes) is 1. The van der Waals surface area contributed by atoms with Gasteiger partial charge in [-0.1, -0.05) is 63.8 Å². The molecule has 98 valence electrons. The molecule has 0 atom stereocenters. The SMILES string of the molecule is C=C(C)C(=O)SC1(CCCC)CCCCCC1. The van der Waals surface area contributed by atoms with Gasteiger partial charge in [-0.05, 0) is 31.8 Å². The Morgan fingerprint density at radius 2 is 1.82 bits per heavy atom. The summed E-state index contributed by atoms with van der Waals surface area (Å²) in [5.74, 6) is 0. The Bertz CT molecular complexity index is 262.